The highest BCUT2D eigenvalue weighted by atomic mass is 19.1. The van der Waals surface area contributed by atoms with Crippen LogP contribution in [0.2, 0.25) is 0 Å². The number of likely N-dealkylation sites (tertiary alicyclic amines) is 1. The lowest BCUT2D eigenvalue weighted by Gasteiger charge is -2.44. The predicted molar refractivity (Wildman–Crippen MR) is 97.9 cm³/mol. The number of carbonyl (C=O) groups excluding carboxylic acids is 1. The number of nitrogens with one attached hydrogen (secondary N) is 1. The highest BCUT2D eigenvalue weighted by molar-refractivity contribution is 6.04. The van der Waals surface area contributed by atoms with Crippen LogP contribution in [0, 0.1) is 11.3 Å². The fourth-order valence-corrected chi connectivity index (χ4v) is 3.47. The van der Waals surface area contributed by atoms with Crippen molar-refractivity contribution in [1.29, 1.82) is 5.26 Å². The molecule has 3 heterocycles. The second-order valence-corrected chi connectivity index (χ2v) is 6.60. The number of hydrogen-bond acceptors (Lipinski definition) is 6. The second-order valence-electron chi connectivity index (χ2n) is 6.60. The number of amides is 1. The number of carbonyl (C=O) groups is 1. The molecule has 2 aromatic rings. The molecule has 1 fully saturated rings. The number of nitrogens with two attached hydrogens (primary N) is 1. The lowest BCUT2D eigenvalue weighted by Crippen LogP contribution is -2.59. The minimum atomic E-state index is -1.42. The smallest absolute Gasteiger partial charge is 0.255 e. The Hall–Kier alpha value is -3.47. The molecule has 1 amide bonds. The summed E-state index contributed by atoms with van der Waals surface area (Å²) in [7, 11) is 0. The summed E-state index contributed by atoms with van der Waals surface area (Å²) in [5.41, 5.74) is 6.92. The van der Waals surface area contributed by atoms with E-state index in [1.807, 2.05) is 30.3 Å². The fraction of sp³-hybridized carbons (Fsp3) is 0.263. The van der Waals surface area contributed by atoms with Gasteiger partial charge in [0, 0.05) is 30.4 Å². The Kier molecular flexibility index (Phi) is 4.00. The van der Waals surface area contributed by atoms with Gasteiger partial charge < -0.3 is 16.0 Å². The third kappa shape index (κ3) is 2.87. The van der Waals surface area contributed by atoms with Gasteiger partial charge in [0.25, 0.3) is 5.91 Å². The summed E-state index contributed by atoms with van der Waals surface area (Å²) in [6, 6.07) is 12.3. The Morgan fingerprint density at radius 1 is 1.37 bits per heavy atom. The van der Waals surface area contributed by atoms with E-state index < -0.39 is 11.8 Å². The first-order chi connectivity index (χ1) is 13.0. The Morgan fingerprint density at radius 3 is 2.89 bits per heavy atom. The molecular weight excluding hydrogens is 347 g/mol. The van der Waals surface area contributed by atoms with Gasteiger partial charge in [0.15, 0.2) is 11.8 Å². The zero-order valence-electron chi connectivity index (χ0n) is 14.4. The van der Waals surface area contributed by atoms with Crippen LogP contribution in [0.4, 0.5) is 10.1 Å². The molecule has 2 aliphatic heterocycles. The number of alkyl halides is 1. The molecule has 8 heteroatoms. The molecule has 0 bridgehead atoms. The van der Waals surface area contributed by atoms with E-state index >= 15 is 4.39 Å². The number of aliphatic imine (C=N–C) groups is 1. The van der Waals surface area contributed by atoms with Gasteiger partial charge in [0.05, 0.1) is 12.1 Å². The van der Waals surface area contributed by atoms with Gasteiger partial charge in [-0.05, 0) is 24.3 Å². The van der Waals surface area contributed by atoms with Gasteiger partial charge in [-0.1, -0.05) is 12.1 Å². The summed E-state index contributed by atoms with van der Waals surface area (Å²) in [6.45, 7) is 0.218. The van der Waals surface area contributed by atoms with Crippen LogP contribution in [-0.4, -0.2) is 46.6 Å². The molecule has 1 aromatic heterocycles. The van der Waals surface area contributed by atoms with Gasteiger partial charge in [-0.15, -0.1) is 0 Å². The summed E-state index contributed by atoms with van der Waals surface area (Å²) >= 11 is 0. The number of amidine groups is 1. The van der Waals surface area contributed by atoms with E-state index in [-0.39, 0.29) is 18.1 Å². The predicted octanol–water partition coefficient (Wildman–Crippen LogP) is 1.66. The van der Waals surface area contributed by atoms with Crippen LogP contribution in [-0.2, 0) is 0 Å². The highest BCUT2D eigenvalue weighted by Gasteiger charge is 2.47. The fourth-order valence-electron chi connectivity index (χ4n) is 3.47. The lowest BCUT2D eigenvalue weighted by molar-refractivity contribution is 0.0494. The number of benzene rings is 1. The molecule has 136 valence electrons. The zero-order valence-corrected chi connectivity index (χ0v) is 14.4. The number of halogens is 1. The van der Waals surface area contributed by atoms with Gasteiger partial charge in [-0.3, -0.25) is 4.79 Å². The van der Waals surface area contributed by atoms with Crippen LogP contribution < -0.4 is 11.1 Å². The number of anilines is 1. The summed E-state index contributed by atoms with van der Waals surface area (Å²) < 4.78 is 15.2. The van der Waals surface area contributed by atoms with Crippen LogP contribution >= 0.6 is 0 Å². The molecule has 7 nitrogen and oxygen atoms in total. The summed E-state index contributed by atoms with van der Waals surface area (Å²) in [5, 5.41) is 12.0. The second kappa shape index (κ2) is 6.36. The van der Waals surface area contributed by atoms with Gasteiger partial charge in [-0.2, -0.15) is 5.26 Å². The van der Waals surface area contributed by atoms with Gasteiger partial charge in [0.2, 0.25) is 0 Å². The minimum absolute atomic E-state index is 0.106. The van der Waals surface area contributed by atoms with E-state index in [0.717, 1.165) is 11.3 Å². The Balaban J connectivity index is 1.54. The first-order valence-electron chi connectivity index (χ1n) is 8.55. The number of piperidine rings is 1. The maximum absolute atomic E-state index is 15.2. The van der Waals surface area contributed by atoms with Gasteiger partial charge >= 0.3 is 0 Å². The monoisotopic (exact) mass is 364 g/mol. The molecule has 1 saturated heterocycles. The van der Waals surface area contributed by atoms with Crippen molar-refractivity contribution < 1.29 is 9.18 Å². The molecule has 3 N–H and O–H groups in total. The lowest BCUT2D eigenvalue weighted by atomic mass is 9.91. The quantitative estimate of drug-likeness (QED) is 0.800. The number of pyridine rings is 1. The third-order valence-corrected chi connectivity index (χ3v) is 4.95. The van der Waals surface area contributed by atoms with Crippen molar-refractivity contribution >= 4 is 17.4 Å². The molecule has 1 aromatic carbocycles. The number of fused-ring (bicyclic) bond motifs is 1. The molecule has 2 unspecified atom stereocenters. The van der Waals surface area contributed by atoms with Crippen LogP contribution in [0.25, 0.3) is 0 Å². The van der Waals surface area contributed by atoms with E-state index in [0.29, 0.717) is 24.4 Å². The number of nitriles is 1. The minimum Gasteiger partial charge on any atom is -0.383 e. The first kappa shape index (κ1) is 17.0. The molecule has 4 rings (SSSR count). The normalized spacial score (nSPS) is 23.8. The standard InChI is InChI=1S/C19H17FN6O/c20-16-11-26(18(27)12-5-6-13(9-21)23-10-12)8-7-19(16)24-15-4-2-1-3-14(15)17(22)25-19/h1-6,10,16,24H,7-8,11H2,(H2,22,25). The van der Waals surface area contributed by atoms with E-state index in [9.17, 15) is 4.79 Å². The average molecular weight is 364 g/mol. The number of para-hydroxylation sites is 1. The summed E-state index contributed by atoms with van der Waals surface area (Å²) in [5.74, 6) is -0.0271. The summed E-state index contributed by atoms with van der Waals surface area (Å²) in [4.78, 5) is 22.4. The van der Waals surface area contributed by atoms with Crippen LogP contribution in [0.5, 0.6) is 0 Å². The topological polar surface area (TPSA) is 107 Å². The van der Waals surface area contributed by atoms with Gasteiger partial charge in [-0.25, -0.2) is 14.4 Å². The van der Waals surface area contributed by atoms with E-state index in [1.165, 1.54) is 23.2 Å². The van der Waals surface area contributed by atoms with Crippen molar-refractivity contribution in [3.05, 3.63) is 59.4 Å². The van der Waals surface area contributed by atoms with Crippen molar-refractivity contribution in [2.45, 2.75) is 18.3 Å². The van der Waals surface area contributed by atoms with Crippen molar-refractivity contribution in [1.82, 2.24) is 9.88 Å². The molecule has 0 aliphatic carbocycles. The van der Waals surface area contributed by atoms with Crippen molar-refractivity contribution in [3.63, 3.8) is 0 Å². The molecule has 0 saturated carbocycles. The van der Waals surface area contributed by atoms with Crippen LogP contribution in [0.15, 0.2) is 47.6 Å². The molecule has 2 aliphatic rings. The van der Waals surface area contributed by atoms with Crippen LogP contribution in [0.3, 0.4) is 0 Å². The third-order valence-electron chi connectivity index (χ3n) is 4.95. The Labute approximate surface area is 155 Å². The molecule has 0 radical (unpaired) electrons. The summed E-state index contributed by atoms with van der Waals surface area (Å²) in [6.07, 6.45) is 0.205. The number of nitrogens with zero attached hydrogens (tertiary/aromatic N) is 4. The maximum atomic E-state index is 15.2. The van der Waals surface area contributed by atoms with E-state index in [1.54, 1.807) is 0 Å². The number of rotatable bonds is 1. The van der Waals surface area contributed by atoms with Gasteiger partial charge in [0.1, 0.15) is 17.6 Å². The zero-order chi connectivity index (χ0) is 19.0. The van der Waals surface area contributed by atoms with Crippen molar-refractivity contribution in [2.75, 3.05) is 18.4 Å². The maximum Gasteiger partial charge on any atom is 0.255 e. The van der Waals surface area contributed by atoms with Crippen molar-refractivity contribution in [3.8, 4) is 6.07 Å². The molecular formula is C19H17FN6O. The largest absolute Gasteiger partial charge is 0.383 e. The Morgan fingerprint density at radius 2 is 2.19 bits per heavy atom. The van der Waals surface area contributed by atoms with E-state index in [2.05, 4.69) is 15.3 Å². The van der Waals surface area contributed by atoms with E-state index in [4.69, 9.17) is 11.0 Å². The first-order valence-corrected chi connectivity index (χ1v) is 8.55. The molecule has 1 spiro atoms. The average Bonchev–Trinajstić information content (AvgIpc) is 2.70. The highest BCUT2D eigenvalue weighted by Crippen LogP contribution is 2.36. The SMILES string of the molecule is N#Cc1ccc(C(=O)N2CCC3(N=C(N)c4ccccc4N3)C(F)C2)cn1. The number of hydrogen-bond donors (Lipinski definition) is 2. The van der Waals surface area contributed by atoms with Crippen LogP contribution in [0.1, 0.15) is 28.0 Å². The van der Waals surface area contributed by atoms with Crippen molar-refractivity contribution in [2.24, 2.45) is 10.7 Å². The Bertz CT molecular complexity index is 967. The number of aromatic nitrogens is 1. The molecule has 2 atom stereocenters. The molecule has 27 heavy (non-hydrogen) atoms.